The first kappa shape index (κ1) is 17.4. The van der Waals surface area contributed by atoms with Crippen molar-refractivity contribution < 1.29 is 13.2 Å². The maximum atomic E-state index is 11.5. The average Bonchev–Trinajstić information content (AvgIpc) is 2.69. The second-order valence-corrected chi connectivity index (χ2v) is 8.10. The topological polar surface area (TPSA) is 92.5 Å². The van der Waals surface area contributed by atoms with Crippen molar-refractivity contribution in [3.05, 3.63) is 0 Å². The van der Waals surface area contributed by atoms with E-state index in [1.54, 1.807) is 0 Å². The SMILES string of the molecule is CCNC(C)(CCCN(C)C1CCS(=O)(=O)C1)C(N)=O. The molecule has 6 nitrogen and oxygen atoms in total. The molecule has 1 rings (SSSR count). The number of hydrogen-bond acceptors (Lipinski definition) is 5. The first-order valence-corrected chi connectivity index (χ1v) is 8.98. The van der Waals surface area contributed by atoms with Crippen LogP contribution in [0.1, 0.15) is 33.1 Å². The number of sulfone groups is 1. The summed E-state index contributed by atoms with van der Waals surface area (Å²) in [7, 11) is -0.899. The van der Waals surface area contributed by atoms with Gasteiger partial charge in [0.2, 0.25) is 5.91 Å². The van der Waals surface area contributed by atoms with E-state index >= 15 is 0 Å². The monoisotopic (exact) mass is 305 g/mol. The molecule has 1 aliphatic rings. The van der Waals surface area contributed by atoms with Crippen LogP contribution >= 0.6 is 0 Å². The Bertz CT molecular complexity index is 438. The third-order valence-corrected chi connectivity index (χ3v) is 5.88. The summed E-state index contributed by atoms with van der Waals surface area (Å²) >= 11 is 0. The number of rotatable bonds is 8. The van der Waals surface area contributed by atoms with Gasteiger partial charge in [-0.15, -0.1) is 0 Å². The summed E-state index contributed by atoms with van der Waals surface area (Å²) in [6, 6.07) is 0.110. The Hall–Kier alpha value is -0.660. The van der Waals surface area contributed by atoms with E-state index in [4.69, 9.17) is 5.73 Å². The fraction of sp³-hybridized carbons (Fsp3) is 0.923. The van der Waals surface area contributed by atoms with Crippen molar-refractivity contribution in [2.75, 3.05) is 31.6 Å². The standard InChI is InChI=1S/C13H27N3O3S/c1-4-15-13(2,12(14)17)7-5-8-16(3)11-6-9-20(18,19)10-11/h11,15H,4-10H2,1-3H3,(H2,14,17). The van der Waals surface area contributed by atoms with Crippen LogP contribution in [0.25, 0.3) is 0 Å². The van der Waals surface area contributed by atoms with Crippen LogP contribution in [-0.2, 0) is 14.6 Å². The smallest absolute Gasteiger partial charge is 0.237 e. The van der Waals surface area contributed by atoms with Crippen LogP contribution < -0.4 is 11.1 Å². The molecule has 1 saturated heterocycles. The minimum Gasteiger partial charge on any atom is -0.368 e. The molecule has 118 valence electrons. The van der Waals surface area contributed by atoms with Gasteiger partial charge in [0.1, 0.15) is 0 Å². The van der Waals surface area contributed by atoms with Crippen molar-refractivity contribution in [2.45, 2.75) is 44.7 Å². The second kappa shape index (κ2) is 6.87. The van der Waals surface area contributed by atoms with Crippen molar-refractivity contribution in [2.24, 2.45) is 5.73 Å². The van der Waals surface area contributed by atoms with E-state index in [2.05, 4.69) is 10.2 Å². The predicted octanol–water partition coefficient (Wildman–Crippen LogP) is -0.261. The van der Waals surface area contributed by atoms with E-state index in [1.807, 2.05) is 20.9 Å². The lowest BCUT2D eigenvalue weighted by Crippen LogP contribution is -2.53. The normalized spacial score (nSPS) is 24.7. The number of likely N-dealkylation sites (N-methyl/N-ethyl adjacent to an activating group) is 1. The van der Waals surface area contributed by atoms with Gasteiger partial charge in [0.05, 0.1) is 17.0 Å². The Morgan fingerprint density at radius 2 is 2.15 bits per heavy atom. The Morgan fingerprint density at radius 1 is 1.50 bits per heavy atom. The number of nitrogens with zero attached hydrogens (tertiary/aromatic N) is 1. The summed E-state index contributed by atoms with van der Waals surface area (Å²) in [5.41, 5.74) is 4.75. The molecule has 2 unspecified atom stereocenters. The van der Waals surface area contributed by atoms with E-state index in [0.29, 0.717) is 25.1 Å². The van der Waals surface area contributed by atoms with Gasteiger partial charge in [-0.2, -0.15) is 0 Å². The summed E-state index contributed by atoms with van der Waals surface area (Å²) in [6.07, 6.45) is 2.17. The number of carbonyl (C=O) groups excluding carboxylic acids is 1. The third kappa shape index (κ3) is 4.71. The molecule has 0 saturated carbocycles. The maximum absolute atomic E-state index is 11.5. The number of hydrogen-bond donors (Lipinski definition) is 2. The Morgan fingerprint density at radius 3 is 2.60 bits per heavy atom. The van der Waals surface area contributed by atoms with Crippen LogP contribution in [0, 0.1) is 0 Å². The summed E-state index contributed by atoms with van der Waals surface area (Å²) in [6.45, 7) is 5.22. The van der Waals surface area contributed by atoms with Crippen LogP contribution in [0.3, 0.4) is 0 Å². The van der Waals surface area contributed by atoms with Gasteiger partial charge < -0.3 is 16.0 Å². The second-order valence-electron chi connectivity index (χ2n) is 5.87. The molecule has 1 aliphatic heterocycles. The molecule has 7 heteroatoms. The third-order valence-electron chi connectivity index (χ3n) is 4.13. The molecule has 0 radical (unpaired) electrons. The predicted molar refractivity (Wildman–Crippen MR) is 80.2 cm³/mol. The van der Waals surface area contributed by atoms with Crippen LogP contribution in [-0.4, -0.2) is 62.4 Å². The Labute approximate surface area is 122 Å². The molecule has 20 heavy (non-hydrogen) atoms. The molecule has 0 aromatic carbocycles. The molecule has 0 aliphatic carbocycles. The minimum atomic E-state index is -2.84. The highest BCUT2D eigenvalue weighted by Crippen LogP contribution is 2.18. The van der Waals surface area contributed by atoms with E-state index < -0.39 is 15.4 Å². The minimum absolute atomic E-state index is 0.110. The van der Waals surface area contributed by atoms with Gasteiger partial charge in [-0.3, -0.25) is 4.79 Å². The van der Waals surface area contributed by atoms with E-state index in [9.17, 15) is 13.2 Å². The quantitative estimate of drug-likeness (QED) is 0.644. The lowest BCUT2D eigenvalue weighted by molar-refractivity contribution is -0.124. The molecular formula is C13H27N3O3S. The van der Waals surface area contributed by atoms with Crippen LogP contribution in [0.15, 0.2) is 0 Å². The lowest BCUT2D eigenvalue weighted by Gasteiger charge is -2.29. The highest BCUT2D eigenvalue weighted by atomic mass is 32.2. The summed E-state index contributed by atoms with van der Waals surface area (Å²) in [5.74, 6) is 0.202. The number of nitrogens with two attached hydrogens (primary N) is 1. The fourth-order valence-corrected chi connectivity index (χ4v) is 4.48. The molecule has 0 aromatic heterocycles. The zero-order chi connectivity index (χ0) is 15.4. The summed E-state index contributed by atoms with van der Waals surface area (Å²) < 4.78 is 22.9. The Kier molecular flexibility index (Phi) is 5.97. The van der Waals surface area contributed by atoms with E-state index in [-0.39, 0.29) is 17.7 Å². The summed E-state index contributed by atoms with van der Waals surface area (Å²) in [5, 5.41) is 3.13. The van der Waals surface area contributed by atoms with Gasteiger partial charge >= 0.3 is 0 Å². The molecule has 1 fully saturated rings. The van der Waals surface area contributed by atoms with Gasteiger partial charge in [-0.25, -0.2) is 8.42 Å². The largest absolute Gasteiger partial charge is 0.368 e. The average molecular weight is 305 g/mol. The van der Waals surface area contributed by atoms with Crippen molar-refractivity contribution in [3.8, 4) is 0 Å². The first-order valence-electron chi connectivity index (χ1n) is 7.16. The Balaban J connectivity index is 2.41. The van der Waals surface area contributed by atoms with Crippen molar-refractivity contribution in [3.63, 3.8) is 0 Å². The highest BCUT2D eigenvalue weighted by molar-refractivity contribution is 7.91. The maximum Gasteiger partial charge on any atom is 0.237 e. The van der Waals surface area contributed by atoms with Gasteiger partial charge in [-0.05, 0) is 46.3 Å². The molecule has 0 spiro atoms. The number of carbonyl (C=O) groups is 1. The lowest BCUT2D eigenvalue weighted by atomic mass is 9.94. The number of nitrogens with one attached hydrogen (secondary N) is 1. The van der Waals surface area contributed by atoms with Gasteiger partial charge in [-0.1, -0.05) is 6.92 Å². The van der Waals surface area contributed by atoms with Crippen molar-refractivity contribution >= 4 is 15.7 Å². The van der Waals surface area contributed by atoms with Gasteiger partial charge in [0.25, 0.3) is 0 Å². The number of primary amides is 1. The molecule has 2 atom stereocenters. The summed E-state index contributed by atoms with van der Waals surface area (Å²) in [4.78, 5) is 13.6. The van der Waals surface area contributed by atoms with Gasteiger partial charge in [0, 0.05) is 6.04 Å². The molecule has 1 amide bonds. The molecule has 0 bridgehead atoms. The fourth-order valence-electron chi connectivity index (χ4n) is 2.68. The molecule has 0 aromatic rings. The first-order chi connectivity index (χ1) is 9.20. The van der Waals surface area contributed by atoms with Crippen LogP contribution in [0.4, 0.5) is 0 Å². The van der Waals surface area contributed by atoms with Crippen molar-refractivity contribution in [1.82, 2.24) is 10.2 Å². The van der Waals surface area contributed by atoms with Gasteiger partial charge in [0.15, 0.2) is 9.84 Å². The van der Waals surface area contributed by atoms with Crippen molar-refractivity contribution in [1.29, 1.82) is 0 Å². The molecule has 3 N–H and O–H groups in total. The van der Waals surface area contributed by atoms with Crippen LogP contribution in [0.2, 0.25) is 0 Å². The highest BCUT2D eigenvalue weighted by Gasteiger charge is 2.32. The molecule has 1 heterocycles. The van der Waals surface area contributed by atoms with Crippen LogP contribution in [0.5, 0.6) is 0 Å². The van der Waals surface area contributed by atoms with E-state index in [1.165, 1.54) is 0 Å². The number of amides is 1. The zero-order valence-electron chi connectivity index (χ0n) is 12.7. The molecular weight excluding hydrogens is 278 g/mol. The van der Waals surface area contributed by atoms with E-state index in [0.717, 1.165) is 13.0 Å². The zero-order valence-corrected chi connectivity index (χ0v) is 13.5.